The Hall–Kier alpha value is -3.96. The highest BCUT2D eigenvalue weighted by molar-refractivity contribution is 6.92. The fourth-order valence-electron chi connectivity index (χ4n) is 4.91. The highest BCUT2D eigenvalue weighted by Gasteiger charge is 2.44. The molecule has 3 unspecified atom stereocenters. The van der Waals surface area contributed by atoms with E-state index in [2.05, 4.69) is 0 Å². The van der Waals surface area contributed by atoms with Gasteiger partial charge in [-0.05, 0) is 78.6 Å². The molecule has 2 aliphatic rings. The van der Waals surface area contributed by atoms with Crippen LogP contribution >= 0.6 is 19.8 Å². The summed E-state index contributed by atoms with van der Waals surface area (Å²) in [6, 6.07) is 9.90. The van der Waals surface area contributed by atoms with Gasteiger partial charge in [0.25, 0.3) is 11.8 Å². The number of carbonyl (C=O) groups excluding carboxylic acids is 6. The van der Waals surface area contributed by atoms with Crippen LogP contribution in [0.1, 0.15) is 70.8 Å². The van der Waals surface area contributed by atoms with Gasteiger partial charge in [-0.15, -0.1) is 5.46 Å². The van der Waals surface area contributed by atoms with Crippen molar-refractivity contribution in [3.8, 4) is 5.75 Å². The quantitative estimate of drug-likeness (QED) is 0.121. The molecule has 13 nitrogen and oxygen atoms in total. The zero-order valence-electron chi connectivity index (χ0n) is 29.5. The number of esters is 2. The maximum Gasteiger partial charge on any atom is 0.454 e. The lowest BCUT2D eigenvalue weighted by Gasteiger charge is -2.47. The Morgan fingerprint density at radius 1 is 0.820 bits per heavy atom. The number of Topliss-reactive ketones (excluding diaryl/α,β-unsaturated/α-hetero) is 1. The van der Waals surface area contributed by atoms with Gasteiger partial charge in [0.15, 0.2) is 0 Å². The number of nitrogens with zero attached hydrogens (tertiary/aromatic N) is 2. The van der Waals surface area contributed by atoms with Crippen LogP contribution in [0.15, 0.2) is 54.6 Å². The van der Waals surface area contributed by atoms with E-state index in [0.717, 1.165) is 17.1 Å². The summed E-state index contributed by atoms with van der Waals surface area (Å²) in [6.45, 7) is 7.42. The second kappa shape index (κ2) is 15.5. The molecule has 272 valence electrons. The molecule has 2 heterocycles. The Morgan fingerprint density at radius 3 is 1.88 bits per heavy atom. The fraction of sp³-hybridized carbons (Fsp3) is 0.412. The number of rotatable bonds is 10. The molecule has 0 saturated carbocycles. The lowest BCUT2D eigenvalue weighted by molar-refractivity contribution is -0.165. The topological polar surface area (TPSA) is 177 Å². The third-order valence-electron chi connectivity index (χ3n) is 8.06. The Labute approximate surface area is 297 Å². The van der Waals surface area contributed by atoms with Gasteiger partial charge in [0, 0.05) is 24.3 Å². The summed E-state index contributed by atoms with van der Waals surface area (Å²) in [5.41, 5.74) is -2.52. The SMILES string of the molecule is CC(C)(C)C(=O)OCC(C)(COC(=O)C(C)(C)C)C(=O)CCc1ccc2c(c1)O[B-](O)(c1cccc(N3C(=O)C=CC3=O)c1)N(O)C2=O.P.P. The van der Waals surface area contributed by atoms with Gasteiger partial charge < -0.3 is 29.3 Å². The second-order valence-corrected chi connectivity index (χ2v) is 14.4. The van der Waals surface area contributed by atoms with Crippen molar-refractivity contribution in [1.29, 1.82) is 0 Å². The highest BCUT2D eigenvalue weighted by Crippen LogP contribution is 2.32. The molecule has 0 radical (unpaired) electrons. The molecule has 3 amide bonds. The van der Waals surface area contributed by atoms with E-state index in [-0.39, 0.29) is 79.1 Å². The first-order chi connectivity index (χ1) is 22.2. The van der Waals surface area contributed by atoms with Crippen LogP contribution in [0.4, 0.5) is 5.69 Å². The largest absolute Gasteiger partial charge is 0.670 e. The molecule has 4 rings (SSSR count). The third-order valence-corrected chi connectivity index (χ3v) is 8.06. The van der Waals surface area contributed by atoms with Crippen molar-refractivity contribution in [2.24, 2.45) is 16.2 Å². The number of amides is 3. The van der Waals surface area contributed by atoms with Gasteiger partial charge in [-0.2, -0.15) is 19.8 Å². The number of hydrogen-bond acceptors (Lipinski definition) is 11. The maximum absolute atomic E-state index is 13.6. The standard InChI is InChI=1S/C34H40BN2O11.2H3P/c1-32(2,3)30(42)46-19-34(7,20-47-31(43)33(4,5)6)26(38)14-12-21-11-13-24-25(17-21)48-35(44,37(45)29(24)41)22-9-8-10-23(18-22)36-27(39)15-16-28(36)40;;/h8-11,13,15-18,44-45H,12,14,19-20H2,1-7H3;2*1H3/q-1;;. The smallest absolute Gasteiger partial charge is 0.454 e. The average Bonchev–Trinajstić information content (AvgIpc) is 3.36. The molecule has 0 bridgehead atoms. The van der Waals surface area contributed by atoms with Crippen LogP contribution in [-0.4, -0.2) is 70.5 Å². The number of anilines is 1. The van der Waals surface area contributed by atoms with E-state index in [9.17, 15) is 39.0 Å². The molecule has 16 heteroatoms. The molecule has 50 heavy (non-hydrogen) atoms. The van der Waals surface area contributed by atoms with E-state index in [1.54, 1.807) is 54.5 Å². The molecule has 3 atom stereocenters. The number of hydrogen-bond donors (Lipinski definition) is 2. The molecule has 2 aromatic carbocycles. The first kappa shape index (κ1) is 42.2. The van der Waals surface area contributed by atoms with Crippen molar-refractivity contribution in [3.05, 3.63) is 65.7 Å². The number of hydroxylamine groups is 1. The van der Waals surface area contributed by atoms with Crippen LogP contribution in [0.5, 0.6) is 5.75 Å². The minimum Gasteiger partial charge on any atom is -0.670 e. The lowest BCUT2D eigenvalue weighted by Crippen LogP contribution is -2.69. The molecular formula is C34H46BN2O11P2-. The van der Waals surface area contributed by atoms with Gasteiger partial charge in [0.05, 0.1) is 27.6 Å². The van der Waals surface area contributed by atoms with Crippen LogP contribution in [0.2, 0.25) is 0 Å². The molecule has 2 N–H and O–H groups in total. The highest BCUT2D eigenvalue weighted by atomic mass is 31.0. The molecule has 2 aromatic rings. The number of fused-ring (bicyclic) bond motifs is 1. The number of benzene rings is 2. The summed E-state index contributed by atoms with van der Waals surface area (Å²) in [7, 11) is 0. The van der Waals surface area contributed by atoms with Crippen molar-refractivity contribution in [2.75, 3.05) is 18.1 Å². The zero-order chi connectivity index (χ0) is 35.8. The van der Waals surface area contributed by atoms with E-state index >= 15 is 0 Å². The van der Waals surface area contributed by atoms with Gasteiger partial charge in [-0.25, -0.2) is 4.90 Å². The van der Waals surface area contributed by atoms with E-state index in [1.807, 2.05) is 0 Å². The molecule has 2 aliphatic heterocycles. The normalized spacial score (nSPS) is 17.3. The zero-order valence-corrected chi connectivity index (χ0v) is 32.3. The van der Waals surface area contributed by atoms with Crippen LogP contribution in [-0.2, 0) is 39.9 Å². The van der Waals surface area contributed by atoms with Crippen molar-refractivity contribution in [1.82, 2.24) is 4.97 Å². The van der Waals surface area contributed by atoms with E-state index < -0.39 is 52.6 Å². The van der Waals surface area contributed by atoms with Crippen molar-refractivity contribution >= 4 is 73.1 Å². The second-order valence-electron chi connectivity index (χ2n) is 14.4. The van der Waals surface area contributed by atoms with Gasteiger partial charge in [-0.3, -0.25) is 28.8 Å². The van der Waals surface area contributed by atoms with E-state index in [1.165, 1.54) is 36.4 Å². The van der Waals surface area contributed by atoms with Crippen LogP contribution in [0.3, 0.4) is 0 Å². The fourth-order valence-corrected chi connectivity index (χ4v) is 4.91. The number of ketones is 1. The predicted molar refractivity (Wildman–Crippen MR) is 195 cm³/mol. The summed E-state index contributed by atoms with van der Waals surface area (Å²) in [5, 5.41) is 22.3. The minimum absolute atomic E-state index is 0. The maximum atomic E-state index is 13.6. The van der Waals surface area contributed by atoms with Gasteiger partial charge in [-0.1, -0.05) is 24.3 Å². The van der Waals surface area contributed by atoms with Crippen molar-refractivity contribution in [3.63, 3.8) is 0 Å². The Balaban J connectivity index is 0.00000433. The first-order valence-electron chi connectivity index (χ1n) is 15.4. The van der Waals surface area contributed by atoms with Crippen LogP contribution < -0.4 is 15.0 Å². The first-order valence-corrected chi connectivity index (χ1v) is 15.4. The summed E-state index contributed by atoms with van der Waals surface area (Å²) >= 11 is 0. The minimum atomic E-state index is -3.58. The summed E-state index contributed by atoms with van der Waals surface area (Å²) in [6.07, 6.45) is 2.25. The number of aryl methyl sites for hydroxylation is 1. The van der Waals surface area contributed by atoms with Crippen molar-refractivity contribution < 1.29 is 53.1 Å². The Morgan fingerprint density at radius 2 is 1.36 bits per heavy atom. The number of imide groups is 1. The van der Waals surface area contributed by atoms with E-state index in [4.69, 9.17) is 14.1 Å². The predicted octanol–water partition coefficient (Wildman–Crippen LogP) is 2.98. The third kappa shape index (κ3) is 8.85. The summed E-state index contributed by atoms with van der Waals surface area (Å²) < 4.78 is 16.8. The Bertz CT molecular complexity index is 1670. The van der Waals surface area contributed by atoms with Gasteiger partial charge in [0.2, 0.25) is 5.91 Å². The Kier molecular flexibility index (Phi) is 13.1. The van der Waals surface area contributed by atoms with E-state index in [0.29, 0.717) is 5.56 Å². The molecule has 0 spiro atoms. The summed E-state index contributed by atoms with van der Waals surface area (Å²) in [4.78, 5) is 77.1. The molecule has 0 saturated heterocycles. The van der Waals surface area contributed by atoms with Gasteiger partial charge in [0.1, 0.15) is 19.0 Å². The molecule has 0 fully saturated rings. The molecule has 0 aliphatic carbocycles. The molecular weight excluding hydrogens is 685 g/mol. The average molecular weight is 732 g/mol. The number of carbonyl (C=O) groups is 6. The van der Waals surface area contributed by atoms with Crippen molar-refractivity contribution in [2.45, 2.75) is 61.3 Å². The summed E-state index contributed by atoms with van der Waals surface area (Å²) in [5.74, 6) is -3.62. The van der Waals surface area contributed by atoms with Crippen LogP contribution in [0.25, 0.3) is 0 Å². The lowest BCUT2D eigenvalue weighted by atomic mass is 9.62. The monoisotopic (exact) mass is 731 g/mol. The number of ether oxygens (including phenoxy) is 2. The van der Waals surface area contributed by atoms with Crippen LogP contribution in [0, 0.1) is 16.2 Å². The molecule has 0 aromatic heterocycles. The van der Waals surface area contributed by atoms with Gasteiger partial charge >= 0.3 is 18.6 Å².